The van der Waals surface area contributed by atoms with Crippen molar-refractivity contribution in [3.63, 3.8) is 0 Å². The molecule has 0 bridgehead atoms. The average molecular weight is 385 g/mol. The topological polar surface area (TPSA) is 90.9 Å². The number of nitrogens with one attached hydrogen (secondary N) is 1. The molecule has 0 heterocycles. The summed E-state index contributed by atoms with van der Waals surface area (Å²) in [5.74, 6) is -0.576. The molecule has 2 aromatic carbocycles. The van der Waals surface area contributed by atoms with Crippen LogP contribution in [0.1, 0.15) is 41.0 Å². The fourth-order valence-corrected chi connectivity index (χ4v) is 2.35. The lowest BCUT2D eigenvalue weighted by molar-refractivity contribution is -0.119. The van der Waals surface area contributed by atoms with Crippen LogP contribution < -0.4 is 10.1 Å². The first-order chi connectivity index (χ1) is 13.4. The van der Waals surface area contributed by atoms with E-state index in [4.69, 9.17) is 9.47 Å². The first-order valence-electron chi connectivity index (χ1n) is 8.79. The number of carbonyl (C=O) groups is 3. The van der Waals surface area contributed by atoms with Gasteiger partial charge in [0, 0.05) is 11.6 Å². The lowest BCUT2D eigenvalue weighted by Crippen LogP contribution is -2.19. The predicted octanol–water partition coefficient (Wildman–Crippen LogP) is 4.04. The Labute approximate surface area is 163 Å². The number of amides is 1. The molecular weight excluding hydrogens is 362 g/mol. The summed E-state index contributed by atoms with van der Waals surface area (Å²) in [7, 11) is 2.46. The highest BCUT2D eigenvalue weighted by atomic mass is 16.5. The molecule has 2 rings (SSSR count). The summed E-state index contributed by atoms with van der Waals surface area (Å²) in [4.78, 5) is 35.7. The Kier molecular flexibility index (Phi) is 7.14. The zero-order valence-electron chi connectivity index (χ0n) is 16.3. The Hall–Kier alpha value is -3.35. The molecule has 1 amide bonds. The van der Waals surface area contributed by atoms with E-state index in [0.29, 0.717) is 17.2 Å². The van der Waals surface area contributed by atoms with Crippen LogP contribution in [0.5, 0.6) is 11.5 Å². The van der Waals surface area contributed by atoms with Crippen LogP contribution in [0.4, 0.5) is 5.69 Å². The largest absolute Gasteiger partial charge is 0.465 e. The van der Waals surface area contributed by atoms with Crippen LogP contribution in [0.3, 0.4) is 0 Å². The van der Waals surface area contributed by atoms with E-state index < -0.39 is 11.9 Å². The van der Waals surface area contributed by atoms with Gasteiger partial charge in [-0.1, -0.05) is 13.8 Å². The molecule has 1 atom stereocenters. The van der Waals surface area contributed by atoms with E-state index in [0.717, 1.165) is 6.42 Å². The van der Waals surface area contributed by atoms with Crippen LogP contribution in [-0.4, -0.2) is 32.1 Å². The number of hydrogen-bond acceptors (Lipinski definition) is 6. The van der Waals surface area contributed by atoms with Crippen LogP contribution in [0.25, 0.3) is 0 Å². The fourth-order valence-electron chi connectivity index (χ4n) is 2.35. The number of carbonyl (C=O) groups excluding carboxylic acids is 3. The van der Waals surface area contributed by atoms with Crippen molar-refractivity contribution in [1.82, 2.24) is 0 Å². The standard InChI is InChI=1S/C21H23NO6/c1-5-13(2)19(23)22-14-6-8-15(9-7-14)28-16-10-11-17(20(24)26-3)18(12-16)21(25)27-4/h6-13H,5H2,1-4H3,(H,22,23). The third-order valence-electron chi connectivity index (χ3n) is 4.22. The second-order valence-electron chi connectivity index (χ2n) is 6.12. The molecule has 2 aromatic rings. The molecule has 0 saturated heterocycles. The molecule has 7 heteroatoms. The Morgan fingerprint density at radius 1 is 0.893 bits per heavy atom. The maximum atomic E-state index is 12.0. The zero-order chi connectivity index (χ0) is 20.7. The molecule has 0 fully saturated rings. The lowest BCUT2D eigenvalue weighted by atomic mass is 10.1. The number of hydrogen-bond donors (Lipinski definition) is 1. The minimum atomic E-state index is -0.672. The zero-order valence-corrected chi connectivity index (χ0v) is 16.3. The normalized spacial score (nSPS) is 11.3. The van der Waals surface area contributed by atoms with Crippen molar-refractivity contribution in [3.05, 3.63) is 53.6 Å². The van der Waals surface area contributed by atoms with Crippen LogP contribution in [0, 0.1) is 5.92 Å². The number of rotatable bonds is 7. The second kappa shape index (κ2) is 9.55. The molecule has 0 radical (unpaired) electrons. The second-order valence-corrected chi connectivity index (χ2v) is 6.12. The number of esters is 2. The smallest absolute Gasteiger partial charge is 0.338 e. The lowest BCUT2D eigenvalue weighted by Gasteiger charge is -2.12. The third kappa shape index (κ3) is 5.09. The van der Waals surface area contributed by atoms with E-state index in [-0.39, 0.29) is 23.0 Å². The van der Waals surface area contributed by atoms with E-state index in [2.05, 4.69) is 10.1 Å². The molecule has 0 aliphatic rings. The van der Waals surface area contributed by atoms with Crippen molar-refractivity contribution >= 4 is 23.5 Å². The van der Waals surface area contributed by atoms with Gasteiger partial charge < -0.3 is 19.5 Å². The van der Waals surface area contributed by atoms with Gasteiger partial charge in [-0.3, -0.25) is 4.79 Å². The van der Waals surface area contributed by atoms with Gasteiger partial charge in [-0.25, -0.2) is 9.59 Å². The first-order valence-corrected chi connectivity index (χ1v) is 8.79. The summed E-state index contributed by atoms with van der Waals surface area (Å²) >= 11 is 0. The first kappa shape index (κ1) is 21.0. The van der Waals surface area contributed by atoms with E-state index in [1.54, 1.807) is 30.3 Å². The highest BCUT2D eigenvalue weighted by Gasteiger charge is 2.19. The van der Waals surface area contributed by atoms with Gasteiger partial charge in [-0.05, 0) is 48.9 Å². The third-order valence-corrected chi connectivity index (χ3v) is 4.22. The Morgan fingerprint density at radius 2 is 1.46 bits per heavy atom. The van der Waals surface area contributed by atoms with Crippen molar-refractivity contribution in [2.45, 2.75) is 20.3 Å². The molecule has 0 aromatic heterocycles. The van der Waals surface area contributed by atoms with Gasteiger partial charge in [0.05, 0.1) is 25.3 Å². The van der Waals surface area contributed by atoms with Gasteiger partial charge in [-0.2, -0.15) is 0 Å². The van der Waals surface area contributed by atoms with Gasteiger partial charge >= 0.3 is 11.9 Å². The van der Waals surface area contributed by atoms with Crippen LogP contribution in [0.2, 0.25) is 0 Å². The molecule has 0 saturated carbocycles. The monoisotopic (exact) mass is 385 g/mol. The molecular formula is C21H23NO6. The maximum Gasteiger partial charge on any atom is 0.338 e. The maximum absolute atomic E-state index is 12.0. The summed E-state index contributed by atoms with van der Waals surface area (Å²) in [6, 6.07) is 11.2. The average Bonchev–Trinajstić information content (AvgIpc) is 2.73. The quantitative estimate of drug-likeness (QED) is 0.724. The molecule has 0 aliphatic carbocycles. The molecule has 0 aliphatic heterocycles. The number of anilines is 1. The molecule has 7 nitrogen and oxygen atoms in total. The van der Waals surface area contributed by atoms with Gasteiger partial charge in [0.2, 0.25) is 5.91 Å². The summed E-state index contributed by atoms with van der Waals surface area (Å²) < 4.78 is 15.1. The molecule has 1 N–H and O–H groups in total. The summed E-state index contributed by atoms with van der Waals surface area (Å²) in [6.07, 6.45) is 0.761. The Bertz CT molecular complexity index is 860. The SMILES string of the molecule is CCC(C)C(=O)Nc1ccc(Oc2ccc(C(=O)OC)c(C(=O)OC)c2)cc1. The highest BCUT2D eigenvalue weighted by Crippen LogP contribution is 2.26. The van der Waals surface area contributed by atoms with Gasteiger partial charge in [0.25, 0.3) is 0 Å². The molecule has 148 valence electrons. The van der Waals surface area contributed by atoms with Crippen LogP contribution in [0.15, 0.2) is 42.5 Å². The number of methoxy groups -OCH3 is 2. The van der Waals surface area contributed by atoms with Gasteiger partial charge in [0.15, 0.2) is 0 Å². The summed E-state index contributed by atoms with van der Waals surface area (Å²) in [6.45, 7) is 3.82. The minimum Gasteiger partial charge on any atom is -0.465 e. The highest BCUT2D eigenvalue weighted by molar-refractivity contribution is 6.03. The van der Waals surface area contributed by atoms with Crippen molar-refractivity contribution in [1.29, 1.82) is 0 Å². The van der Waals surface area contributed by atoms with Crippen molar-refractivity contribution in [2.75, 3.05) is 19.5 Å². The minimum absolute atomic E-state index is 0.0442. The van der Waals surface area contributed by atoms with Crippen molar-refractivity contribution < 1.29 is 28.6 Å². The van der Waals surface area contributed by atoms with Crippen LogP contribution >= 0.6 is 0 Å². The molecule has 0 spiro atoms. The molecule has 28 heavy (non-hydrogen) atoms. The van der Waals surface area contributed by atoms with Crippen LogP contribution in [-0.2, 0) is 14.3 Å². The van der Waals surface area contributed by atoms with E-state index in [9.17, 15) is 14.4 Å². The van der Waals surface area contributed by atoms with E-state index in [1.807, 2.05) is 13.8 Å². The Morgan fingerprint density at radius 3 is 2.04 bits per heavy atom. The number of benzene rings is 2. The number of ether oxygens (including phenoxy) is 3. The van der Waals surface area contributed by atoms with E-state index in [1.165, 1.54) is 26.4 Å². The van der Waals surface area contributed by atoms with Gasteiger partial charge in [0.1, 0.15) is 11.5 Å². The van der Waals surface area contributed by atoms with Crippen molar-refractivity contribution in [3.8, 4) is 11.5 Å². The summed E-state index contributed by atoms with van der Waals surface area (Å²) in [5.41, 5.74) is 0.794. The van der Waals surface area contributed by atoms with Crippen molar-refractivity contribution in [2.24, 2.45) is 5.92 Å². The molecule has 1 unspecified atom stereocenters. The van der Waals surface area contributed by atoms with Gasteiger partial charge in [-0.15, -0.1) is 0 Å². The summed E-state index contributed by atoms with van der Waals surface area (Å²) in [5, 5.41) is 2.83. The fraction of sp³-hybridized carbons (Fsp3) is 0.286. The predicted molar refractivity (Wildman–Crippen MR) is 104 cm³/mol. The Balaban J connectivity index is 2.18. The van der Waals surface area contributed by atoms with E-state index >= 15 is 0 Å².